The van der Waals surface area contributed by atoms with Gasteiger partial charge in [-0.15, -0.1) is 0 Å². The summed E-state index contributed by atoms with van der Waals surface area (Å²) in [6.45, 7) is 2.48. The van der Waals surface area contributed by atoms with Crippen molar-refractivity contribution >= 4 is 11.8 Å². The standard InChI is InChI=1S/C20H29N3O2/c1-22(2)20(25)18-8-4-12-23(18)13-5-11-21-19(24)17-10-9-15-6-3-7-16(15)14-17/h9-10,14,18H,3-8,11-13H2,1-2H3,(H,21,24). The Kier molecular flexibility index (Phi) is 5.74. The Hall–Kier alpha value is -1.88. The molecule has 1 aromatic rings. The van der Waals surface area contributed by atoms with Crippen molar-refractivity contribution in [2.24, 2.45) is 0 Å². The van der Waals surface area contributed by atoms with Crippen LogP contribution in [0.5, 0.6) is 0 Å². The molecule has 25 heavy (non-hydrogen) atoms. The molecule has 1 fully saturated rings. The summed E-state index contributed by atoms with van der Waals surface area (Å²) in [5.74, 6) is 0.205. The Bertz CT molecular complexity index is 642. The van der Waals surface area contributed by atoms with Crippen LogP contribution in [-0.2, 0) is 17.6 Å². The third kappa shape index (κ3) is 4.21. The van der Waals surface area contributed by atoms with Crippen molar-refractivity contribution < 1.29 is 9.59 Å². The minimum Gasteiger partial charge on any atom is -0.352 e. The van der Waals surface area contributed by atoms with Crippen molar-refractivity contribution in [2.45, 2.75) is 44.6 Å². The van der Waals surface area contributed by atoms with E-state index in [-0.39, 0.29) is 17.9 Å². The predicted molar refractivity (Wildman–Crippen MR) is 98.7 cm³/mol. The molecule has 0 spiro atoms. The highest BCUT2D eigenvalue weighted by atomic mass is 16.2. The van der Waals surface area contributed by atoms with E-state index in [1.54, 1.807) is 4.90 Å². The van der Waals surface area contributed by atoms with Crippen molar-refractivity contribution in [1.29, 1.82) is 0 Å². The first-order valence-corrected chi connectivity index (χ1v) is 9.41. The summed E-state index contributed by atoms with van der Waals surface area (Å²) < 4.78 is 0. The van der Waals surface area contributed by atoms with Gasteiger partial charge in [0, 0.05) is 32.7 Å². The molecular weight excluding hydrogens is 314 g/mol. The molecule has 1 unspecified atom stereocenters. The number of hydrogen-bond donors (Lipinski definition) is 1. The van der Waals surface area contributed by atoms with E-state index < -0.39 is 0 Å². The molecule has 2 amide bonds. The predicted octanol–water partition coefficient (Wildman–Crippen LogP) is 1.85. The fourth-order valence-corrected chi connectivity index (χ4v) is 3.97. The summed E-state index contributed by atoms with van der Waals surface area (Å²) >= 11 is 0. The van der Waals surface area contributed by atoms with E-state index in [1.165, 1.54) is 17.5 Å². The lowest BCUT2D eigenvalue weighted by atomic mass is 10.1. The lowest BCUT2D eigenvalue weighted by Gasteiger charge is -2.26. The summed E-state index contributed by atoms with van der Waals surface area (Å²) in [4.78, 5) is 28.4. The third-order valence-corrected chi connectivity index (χ3v) is 5.36. The smallest absolute Gasteiger partial charge is 0.251 e. The van der Waals surface area contributed by atoms with Gasteiger partial charge in [0.05, 0.1) is 6.04 Å². The minimum absolute atomic E-state index is 0.0111. The van der Waals surface area contributed by atoms with E-state index in [9.17, 15) is 9.59 Å². The number of rotatable bonds is 6. The van der Waals surface area contributed by atoms with Crippen LogP contribution >= 0.6 is 0 Å². The molecule has 0 saturated carbocycles. The number of aryl methyl sites for hydroxylation is 2. The number of carbonyl (C=O) groups is 2. The molecule has 1 aromatic carbocycles. The van der Waals surface area contributed by atoms with Gasteiger partial charge in [0.15, 0.2) is 0 Å². The summed E-state index contributed by atoms with van der Waals surface area (Å²) in [5, 5.41) is 3.02. The zero-order valence-electron chi connectivity index (χ0n) is 15.4. The number of amides is 2. The van der Waals surface area contributed by atoms with Gasteiger partial charge >= 0.3 is 0 Å². The largest absolute Gasteiger partial charge is 0.352 e. The second-order valence-electron chi connectivity index (χ2n) is 7.37. The highest BCUT2D eigenvalue weighted by Gasteiger charge is 2.31. The van der Waals surface area contributed by atoms with E-state index in [2.05, 4.69) is 16.3 Å². The van der Waals surface area contributed by atoms with Crippen LogP contribution in [0, 0.1) is 0 Å². The quantitative estimate of drug-likeness (QED) is 0.802. The van der Waals surface area contributed by atoms with Gasteiger partial charge in [0.25, 0.3) is 5.91 Å². The Labute approximate surface area is 150 Å². The first-order chi connectivity index (χ1) is 12.1. The Balaban J connectivity index is 1.44. The van der Waals surface area contributed by atoms with Crippen LogP contribution in [0.1, 0.15) is 47.2 Å². The van der Waals surface area contributed by atoms with Crippen LogP contribution in [0.15, 0.2) is 18.2 Å². The zero-order valence-corrected chi connectivity index (χ0v) is 15.4. The summed E-state index contributed by atoms with van der Waals surface area (Å²) in [5.41, 5.74) is 3.49. The van der Waals surface area contributed by atoms with Gasteiger partial charge in [-0.3, -0.25) is 14.5 Å². The van der Waals surface area contributed by atoms with Crippen LogP contribution in [0.25, 0.3) is 0 Å². The van der Waals surface area contributed by atoms with Crippen molar-refractivity contribution in [2.75, 3.05) is 33.7 Å². The normalized spacial score (nSPS) is 19.7. The number of nitrogens with zero attached hydrogens (tertiary/aromatic N) is 2. The third-order valence-electron chi connectivity index (χ3n) is 5.36. The molecule has 2 aliphatic rings. The molecule has 3 rings (SSSR count). The topological polar surface area (TPSA) is 52.7 Å². The van der Waals surface area contributed by atoms with Crippen molar-refractivity contribution in [3.8, 4) is 0 Å². The number of nitrogens with one attached hydrogen (secondary N) is 1. The number of likely N-dealkylation sites (tertiary alicyclic amines) is 1. The fourth-order valence-electron chi connectivity index (χ4n) is 3.97. The number of hydrogen-bond acceptors (Lipinski definition) is 3. The van der Waals surface area contributed by atoms with Crippen LogP contribution in [0.4, 0.5) is 0 Å². The van der Waals surface area contributed by atoms with Gasteiger partial charge in [-0.1, -0.05) is 6.07 Å². The Morgan fingerprint density at radius 1 is 1.20 bits per heavy atom. The monoisotopic (exact) mass is 343 g/mol. The maximum Gasteiger partial charge on any atom is 0.251 e. The van der Waals surface area contributed by atoms with Crippen molar-refractivity contribution in [3.05, 3.63) is 34.9 Å². The van der Waals surface area contributed by atoms with E-state index in [0.29, 0.717) is 6.54 Å². The zero-order chi connectivity index (χ0) is 17.8. The highest BCUT2D eigenvalue weighted by molar-refractivity contribution is 5.94. The maximum atomic E-state index is 12.3. The first-order valence-electron chi connectivity index (χ1n) is 9.41. The van der Waals surface area contributed by atoms with Crippen molar-refractivity contribution in [3.63, 3.8) is 0 Å². The van der Waals surface area contributed by atoms with Gasteiger partial charge in [0.2, 0.25) is 5.91 Å². The molecule has 5 nitrogen and oxygen atoms in total. The molecule has 1 heterocycles. The molecule has 0 bridgehead atoms. The lowest BCUT2D eigenvalue weighted by molar-refractivity contribution is -0.133. The first kappa shape index (κ1) is 17.9. The second kappa shape index (κ2) is 8.00. The molecular formula is C20H29N3O2. The van der Waals surface area contributed by atoms with Gasteiger partial charge in [-0.25, -0.2) is 0 Å². The van der Waals surface area contributed by atoms with E-state index in [0.717, 1.165) is 50.8 Å². The number of likely N-dealkylation sites (N-methyl/N-ethyl adjacent to an activating group) is 1. The minimum atomic E-state index is 0.0111. The van der Waals surface area contributed by atoms with Crippen LogP contribution in [0.3, 0.4) is 0 Å². The van der Waals surface area contributed by atoms with Gasteiger partial charge < -0.3 is 10.2 Å². The van der Waals surface area contributed by atoms with Crippen LogP contribution in [0.2, 0.25) is 0 Å². The van der Waals surface area contributed by atoms with Gasteiger partial charge in [-0.05, 0) is 68.3 Å². The summed E-state index contributed by atoms with van der Waals surface area (Å²) in [6.07, 6.45) is 6.31. The van der Waals surface area contributed by atoms with E-state index in [1.807, 2.05) is 26.2 Å². The fraction of sp³-hybridized carbons (Fsp3) is 0.600. The van der Waals surface area contributed by atoms with E-state index >= 15 is 0 Å². The molecule has 0 aromatic heterocycles. The number of fused-ring (bicyclic) bond motifs is 1. The molecule has 5 heteroatoms. The summed E-state index contributed by atoms with van der Waals surface area (Å²) in [7, 11) is 3.63. The average Bonchev–Trinajstić information content (AvgIpc) is 3.25. The molecule has 1 atom stereocenters. The number of carbonyl (C=O) groups excluding carboxylic acids is 2. The number of benzene rings is 1. The molecule has 1 N–H and O–H groups in total. The second-order valence-corrected chi connectivity index (χ2v) is 7.37. The van der Waals surface area contributed by atoms with Crippen molar-refractivity contribution in [1.82, 2.24) is 15.1 Å². The lowest BCUT2D eigenvalue weighted by Crippen LogP contribution is -2.43. The molecule has 1 saturated heterocycles. The van der Waals surface area contributed by atoms with Crippen LogP contribution in [-0.4, -0.2) is 61.4 Å². The highest BCUT2D eigenvalue weighted by Crippen LogP contribution is 2.23. The van der Waals surface area contributed by atoms with Gasteiger partial charge in [-0.2, -0.15) is 0 Å². The Morgan fingerprint density at radius 3 is 2.80 bits per heavy atom. The maximum absolute atomic E-state index is 12.3. The Morgan fingerprint density at radius 2 is 2.00 bits per heavy atom. The molecule has 1 aliphatic carbocycles. The SMILES string of the molecule is CN(C)C(=O)C1CCCN1CCCNC(=O)c1ccc2c(c1)CCC2. The molecule has 0 radical (unpaired) electrons. The molecule has 1 aliphatic heterocycles. The average molecular weight is 343 g/mol. The van der Waals surface area contributed by atoms with E-state index in [4.69, 9.17) is 0 Å². The van der Waals surface area contributed by atoms with Crippen LogP contribution < -0.4 is 5.32 Å². The summed E-state index contributed by atoms with van der Waals surface area (Å²) in [6, 6.07) is 6.09. The van der Waals surface area contributed by atoms with Gasteiger partial charge in [0.1, 0.15) is 0 Å². The molecule has 136 valence electrons.